The molecule has 2 aliphatic rings. The molecule has 3 heterocycles. The van der Waals surface area contributed by atoms with Crippen molar-refractivity contribution in [1.29, 1.82) is 0 Å². The third kappa shape index (κ3) is 5.58. The predicted molar refractivity (Wildman–Crippen MR) is 125 cm³/mol. The van der Waals surface area contributed by atoms with Gasteiger partial charge in [-0.25, -0.2) is 4.79 Å². The van der Waals surface area contributed by atoms with Gasteiger partial charge in [0.1, 0.15) is 12.0 Å². The summed E-state index contributed by atoms with van der Waals surface area (Å²) in [5.41, 5.74) is 2.36. The zero-order valence-electron chi connectivity index (χ0n) is 19.8. The Hall–Kier alpha value is -2.80. The molecular formula is C26H34N2O5. The van der Waals surface area contributed by atoms with Gasteiger partial charge in [-0.15, -0.1) is 0 Å². The lowest BCUT2D eigenvalue weighted by Gasteiger charge is -2.44. The Bertz CT molecular complexity index is 1020. The molecule has 7 heteroatoms. The summed E-state index contributed by atoms with van der Waals surface area (Å²) in [6.45, 7) is 9.50. The molecule has 33 heavy (non-hydrogen) atoms. The molecule has 1 amide bonds. The van der Waals surface area contributed by atoms with Gasteiger partial charge in [-0.3, -0.25) is 9.69 Å². The Balaban J connectivity index is 1.28. The Morgan fingerprint density at radius 2 is 1.91 bits per heavy atom. The van der Waals surface area contributed by atoms with Gasteiger partial charge in [0.15, 0.2) is 0 Å². The first-order valence-electron chi connectivity index (χ1n) is 11.7. The van der Waals surface area contributed by atoms with Crippen LogP contribution < -0.4 is 10.2 Å². The summed E-state index contributed by atoms with van der Waals surface area (Å²) in [5, 5.41) is 9.52. The van der Waals surface area contributed by atoms with E-state index < -0.39 is 6.09 Å². The van der Waals surface area contributed by atoms with Crippen molar-refractivity contribution in [2.45, 2.75) is 65.7 Å². The average Bonchev–Trinajstić information content (AvgIpc) is 3.16. The minimum Gasteiger partial charge on any atom is -0.487 e. The van der Waals surface area contributed by atoms with Crippen LogP contribution in [0.2, 0.25) is 0 Å². The van der Waals surface area contributed by atoms with Crippen molar-refractivity contribution in [2.75, 3.05) is 13.2 Å². The second-order valence-electron chi connectivity index (χ2n) is 10.4. The maximum absolute atomic E-state index is 12.5. The van der Waals surface area contributed by atoms with E-state index in [2.05, 4.69) is 37.8 Å². The maximum Gasteiger partial charge on any atom is 0.407 e. The summed E-state index contributed by atoms with van der Waals surface area (Å²) in [4.78, 5) is 28.0. The fraction of sp³-hybridized carbons (Fsp3) is 0.538. The molecule has 1 N–H and O–H groups in total. The highest BCUT2D eigenvalue weighted by molar-refractivity contribution is 5.65. The van der Waals surface area contributed by atoms with Crippen molar-refractivity contribution in [1.82, 2.24) is 9.80 Å². The van der Waals surface area contributed by atoms with E-state index in [9.17, 15) is 14.7 Å². The van der Waals surface area contributed by atoms with Crippen molar-refractivity contribution in [3.8, 4) is 5.75 Å². The van der Waals surface area contributed by atoms with Crippen LogP contribution in [-0.2, 0) is 19.6 Å². The number of piperidine rings is 1. The SMILES string of the molecule is CC(C)(C)C1CC(CCOc2coc(CN3Cc4ccccc4C3)cc2=O)CCN1C(=O)O. The van der Waals surface area contributed by atoms with Crippen LogP contribution in [0.5, 0.6) is 5.75 Å². The van der Waals surface area contributed by atoms with Crippen LogP contribution in [0.3, 0.4) is 0 Å². The van der Waals surface area contributed by atoms with Crippen LogP contribution in [0.25, 0.3) is 0 Å². The fourth-order valence-corrected chi connectivity index (χ4v) is 5.05. The third-order valence-electron chi connectivity index (χ3n) is 6.88. The standard InChI is InChI=1S/C26H34N2O5/c1-26(2,3)24-12-18(8-10-28(24)25(30)31)9-11-32-23-17-33-21(13-22(23)29)16-27-14-19-6-4-5-7-20(19)15-27/h4-7,13,17-18,24H,8-12,14-16H2,1-3H3,(H,30,31). The molecule has 4 rings (SSSR count). The van der Waals surface area contributed by atoms with Gasteiger partial charge < -0.3 is 19.2 Å². The highest BCUT2D eigenvalue weighted by atomic mass is 16.5. The lowest BCUT2D eigenvalue weighted by Crippen LogP contribution is -2.51. The predicted octanol–water partition coefficient (Wildman–Crippen LogP) is 4.73. The molecule has 0 aliphatic carbocycles. The summed E-state index contributed by atoms with van der Waals surface area (Å²) in [6.07, 6.45) is 2.98. The van der Waals surface area contributed by atoms with Crippen LogP contribution in [0.1, 0.15) is 56.9 Å². The molecule has 0 bridgehead atoms. The van der Waals surface area contributed by atoms with E-state index >= 15 is 0 Å². The van der Waals surface area contributed by atoms with E-state index in [1.54, 1.807) is 4.90 Å². The number of carboxylic acid groups (broad SMARTS) is 1. The molecule has 1 saturated heterocycles. The van der Waals surface area contributed by atoms with Crippen LogP contribution in [0, 0.1) is 11.3 Å². The zero-order chi connectivity index (χ0) is 23.6. The molecule has 2 unspecified atom stereocenters. The summed E-state index contributed by atoms with van der Waals surface area (Å²) in [6, 6.07) is 9.88. The molecule has 1 aromatic carbocycles. The van der Waals surface area contributed by atoms with Gasteiger partial charge in [0, 0.05) is 31.7 Å². The molecule has 0 saturated carbocycles. The van der Waals surface area contributed by atoms with Gasteiger partial charge >= 0.3 is 6.09 Å². The number of hydrogen-bond donors (Lipinski definition) is 1. The smallest absolute Gasteiger partial charge is 0.407 e. The van der Waals surface area contributed by atoms with Gasteiger partial charge in [0.25, 0.3) is 0 Å². The second kappa shape index (κ2) is 9.59. The fourth-order valence-electron chi connectivity index (χ4n) is 5.05. The van der Waals surface area contributed by atoms with Gasteiger partial charge in [-0.2, -0.15) is 0 Å². The molecule has 2 aliphatic heterocycles. The summed E-state index contributed by atoms with van der Waals surface area (Å²) >= 11 is 0. The normalized spacial score (nSPS) is 21.1. The van der Waals surface area contributed by atoms with Gasteiger partial charge in [0.2, 0.25) is 11.2 Å². The first-order valence-corrected chi connectivity index (χ1v) is 11.7. The zero-order valence-corrected chi connectivity index (χ0v) is 19.8. The number of hydrogen-bond acceptors (Lipinski definition) is 5. The topological polar surface area (TPSA) is 83.2 Å². The van der Waals surface area contributed by atoms with Gasteiger partial charge in [0.05, 0.1) is 13.2 Å². The molecule has 0 radical (unpaired) electrons. The summed E-state index contributed by atoms with van der Waals surface area (Å²) in [7, 11) is 0. The van der Waals surface area contributed by atoms with Crippen molar-refractivity contribution in [3.05, 3.63) is 63.7 Å². The number of amides is 1. The largest absolute Gasteiger partial charge is 0.487 e. The first-order chi connectivity index (χ1) is 15.7. The lowest BCUT2D eigenvalue weighted by molar-refractivity contribution is 0.0363. The molecule has 7 nitrogen and oxygen atoms in total. The maximum atomic E-state index is 12.5. The van der Waals surface area contributed by atoms with Crippen LogP contribution in [0.4, 0.5) is 4.79 Å². The number of benzene rings is 1. The van der Waals surface area contributed by atoms with E-state index in [4.69, 9.17) is 9.15 Å². The molecule has 178 valence electrons. The number of carbonyl (C=O) groups is 1. The highest BCUT2D eigenvalue weighted by Crippen LogP contribution is 2.35. The van der Waals surface area contributed by atoms with Crippen molar-refractivity contribution in [2.24, 2.45) is 11.3 Å². The minimum atomic E-state index is -0.847. The first kappa shape index (κ1) is 23.4. The Morgan fingerprint density at radius 1 is 1.21 bits per heavy atom. The van der Waals surface area contributed by atoms with E-state index in [0.29, 0.717) is 31.4 Å². The molecule has 2 atom stereocenters. The Labute approximate surface area is 195 Å². The number of fused-ring (bicyclic) bond motifs is 1. The Morgan fingerprint density at radius 3 is 2.52 bits per heavy atom. The number of nitrogens with zero attached hydrogens (tertiary/aromatic N) is 2. The van der Waals surface area contributed by atoms with Crippen molar-refractivity contribution >= 4 is 6.09 Å². The van der Waals surface area contributed by atoms with E-state index in [1.165, 1.54) is 23.5 Å². The van der Waals surface area contributed by atoms with Crippen LogP contribution in [-0.4, -0.2) is 40.2 Å². The molecule has 0 spiro atoms. The van der Waals surface area contributed by atoms with Crippen molar-refractivity contribution in [3.63, 3.8) is 0 Å². The Kier molecular flexibility index (Phi) is 6.79. The highest BCUT2D eigenvalue weighted by Gasteiger charge is 2.38. The quantitative estimate of drug-likeness (QED) is 0.679. The molecule has 1 aromatic heterocycles. The summed E-state index contributed by atoms with van der Waals surface area (Å²) < 4.78 is 11.5. The number of rotatable bonds is 6. The number of likely N-dealkylation sites (tertiary alicyclic amines) is 1. The van der Waals surface area contributed by atoms with Crippen molar-refractivity contribution < 1.29 is 19.1 Å². The third-order valence-corrected chi connectivity index (χ3v) is 6.88. The molecule has 2 aromatic rings. The monoisotopic (exact) mass is 454 g/mol. The van der Waals surface area contributed by atoms with Gasteiger partial charge in [-0.05, 0) is 41.7 Å². The van der Waals surface area contributed by atoms with E-state index in [0.717, 1.165) is 32.4 Å². The van der Waals surface area contributed by atoms with Gasteiger partial charge in [-0.1, -0.05) is 45.0 Å². The van der Waals surface area contributed by atoms with E-state index in [1.807, 2.05) is 12.1 Å². The molecular weight excluding hydrogens is 420 g/mol. The second-order valence-corrected chi connectivity index (χ2v) is 10.4. The average molecular weight is 455 g/mol. The van der Waals surface area contributed by atoms with Crippen LogP contribution >= 0.6 is 0 Å². The summed E-state index contributed by atoms with van der Waals surface area (Å²) in [5.74, 6) is 1.24. The minimum absolute atomic E-state index is 0.0187. The van der Waals surface area contributed by atoms with E-state index in [-0.39, 0.29) is 22.6 Å². The number of ether oxygens (including phenoxy) is 1. The molecule has 1 fully saturated rings. The lowest BCUT2D eigenvalue weighted by atomic mass is 9.76. The van der Waals surface area contributed by atoms with Crippen LogP contribution in [0.15, 0.2) is 45.8 Å².